The molecule has 0 radical (unpaired) electrons. The Kier molecular flexibility index (Phi) is 11.1. The van der Waals surface area contributed by atoms with Crippen LogP contribution in [0.5, 0.6) is 0 Å². The van der Waals surface area contributed by atoms with Crippen LogP contribution >= 0.6 is 15.9 Å². The van der Waals surface area contributed by atoms with E-state index in [4.69, 9.17) is 0 Å². The molecule has 0 unspecified atom stereocenters. The van der Waals surface area contributed by atoms with Crippen molar-refractivity contribution in [1.82, 2.24) is 10.2 Å². The second-order valence-corrected chi connectivity index (χ2v) is 13.1. The van der Waals surface area contributed by atoms with Gasteiger partial charge < -0.3 is 10.2 Å². The molecule has 9 heteroatoms. The molecule has 4 rings (SSSR count). The summed E-state index contributed by atoms with van der Waals surface area (Å²) < 4.78 is 29.8. The molecule has 0 heterocycles. The molecule has 0 fully saturated rings. The van der Waals surface area contributed by atoms with Crippen LogP contribution < -0.4 is 9.62 Å². The fourth-order valence-corrected chi connectivity index (χ4v) is 6.55. The Balaban J connectivity index is 1.79. The van der Waals surface area contributed by atoms with Gasteiger partial charge >= 0.3 is 0 Å². The van der Waals surface area contributed by atoms with Gasteiger partial charge in [-0.25, -0.2) is 8.42 Å². The Bertz CT molecular complexity index is 1600. The molecular weight excluding hydrogens is 626 g/mol. The maximum atomic E-state index is 14.4. The Morgan fingerprint density at radius 1 is 0.814 bits per heavy atom. The van der Waals surface area contributed by atoms with E-state index in [1.165, 1.54) is 17.0 Å². The normalized spacial score (nSPS) is 12.6. The van der Waals surface area contributed by atoms with Gasteiger partial charge in [-0.15, -0.1) is 0 Å². The van der Waals surface area contributed by atoms with Crippen LogP contribution in [0.25, 0.3) is 0 Å². The van der Waals surface area contributed by atoms with E-state index < -0.39 is 28.5 Å². The Morgan fingerprint density at radius 2 is 1.40 bits per heavy atom. The van der Waals surface area contributed by atoms with E-state index >= 15 is 0 Å². The third-order valence-electron chi connectivity index (χ3n) is 7.17. The van der Waals surface area contributed by atoms with Crippen molar-refractivity contribution in [2.24, 2.45) is 0 Å². The van der Waals surface area contributed by atoms with Gasteiger partial charge in [0.25, 0.3) is 10.0 Å². The van der Waals surface area contributed by atoms with Crippen molar-refractivity contribution in [1.29, 1.82) is 0 Å². The molecule has 0 saturated heterocycles. The number of nitrogens with zero attached hydrogens (tertiary/aromatic N) is 2. The number of carbonyl (C=O) groups excluding carboxylic acids is 2. The van der Waals surface area contributed by atoms with Gasteiger partial charge in [0.15, 0.2) is 0 Å². The number of para-hydroxylation sites is 1. The van der Waals surface area contributed by atoms with Crippen LogP contribution in [-0.4, -0.2) is 43.8 Å². The van der Waals surface area contributed by atoms with Crippen LogP contribution in [0.1, 0.15) is 31.4 Å². The third kappa shape index (κ3) is 8.55. The zero-order valence-corrected chi connectivity index (χ0v) is 26.7. The Labute approximate surface area is 262 Å². The number of halogens is 1. The molecule has 0 aliphatic rings. The van der Waals surface area contributed by atoms with Gasteiger partial charge in [0.05, 0.1) is 10.6 Å². The topological polar surface area (TPSA) is 86.8 Å². The molecule has 0 aromatic heterocycles. The molecule has 224 valence electrons. The SMILES string of the molecule is CC[C@@H](C)NC(=O)[C@H](Cc1ccccc1)N(Cc1cccc(Br)c1)C(=O)CN(c1ccccc1)S(=O)(=O)c1ccccc1. The molecule has 2 amide bonds. The van der Waals surface area contributed by atoms with Gasteiger partial charge in [-0.1, -0.05) is 102 Å². The van der Waals surface area contributed by atoms with Gasteiger partial charge in [-0.05, 0) is 60.9 Å². The quantitative estimate of drug-likeness (QED) is 0.185. The van der Waals surface area contributed by atoms with Gasteiger partial charge in [-0.3, -0.25) is 13.9 Å². The van der Waals surface area contributed by atoms with E-state index in [2.05, 4.69) is 21.2 Å². The number of carbonyl (C=O) groups is 2. The van der Waals surface area contributed by atoms with Crippen molar-refractivity contribution in [3.05, 3.63) is 131 Å². The monoisotopic (exact) mass is 661 g/mol. The van der Waals surface area contributed by atoms with Gasteiger partial charge in [0.1, 0.15) is 12.6 Å². The first-order valence-electron chi connectivity index (χ1n) is 14.2. The van der Waals surface area contributed by atoms with Crippen LogP contribution in [0.3, 0.4) is 0 Å². The number of amides is 2. The van der Waals surface area contributed by atoms with Crippen molar-refractivity contribution in [2.45, 2.75) is 50.2 Å². The van der Waals surface area contributed by atoms with Crippen molar-refractivity contribution >= 4 is 43.5 Å². The van der Waals surface area contributed by atoms with Crippen molar-refractivity contribution in [3.8, 4) is 0 Å². The van der Waals surface area contributed by atoms with Crippen LogP contribution in [0.2, 0.25) is 0 Å². The highest BCUT2D eigenvalue weighted by Crippen LogP contribution is 2.25. The molecule has 0 saturated carbocycles. The minimum atomic E-state index is -4.11. The minimum Gasteiger partial charge on any atom is -0.352 e. The first-order valence-corrected chi connectivity index (χ1v) is 16.4. The maximum absolute atomic E-state index is 14.4. The maximum Gasteiger partial charge on any atom is 0.264 e. The van der Waals surface area contributed by atoms with Crippen molar-refractivity contribution in [3.63, 3.8) is 0 Å². The average molecular weight is 663 g/mol. The van der Waals surface area contributed by atoms with Gasteiger partial charge in [-0.2, -0.15) is 0 Å². The molecular formula is C34H36BrN3O4S. The number of hydrogen-bond donors (Lipinski definition) is 1. The number of sulfonamides is 1. The summed E-state index contributed by atoms with van der Waals surface area (Å²) in [5.74, 6) is -0.790. The summed E-state index contributed by atoms with van der Waals surface area (Å²) >= 11 is 3.50. The lowest BCUT2D eigenvalue weighted by Crippen LogP contribution is -2.54. The molecule has 0 spiro atoms. The predicted octanol–water partition coefficient (Wildman–Crippen LogP) is 6.20. The Morgan fingerprint density at radius 3 is 2.00 bits per heavy atom. The molecule has 0 bridgehead atoms. The minimum absolute atomic E-state index is 0.0699. The zero-order chi connectivity index (χ0) is 30.8. The average Bonchev–Trinajstić information content (AvgIpc) is 3.02. The van der Waals surface area contributed by atoms with E-state index in [0.29, 0.717) is 5.69 Å². The number of rotatable bonds is 13. The highest BCUT2D eigenvalue weighted by molar-refractivity contribution is 9.10. The highest BCUT2D eigenvalue weighted by Gasteiger charge is 2.34. The first kappa shape index (κ1) is 32.0. The molecule has 1 N–H and O–H groups in total. The van der Waals surface area contributed by atoms with E-state index in [1.807, 2.05) is 68.4 Å². The highest BCUT2D eigenvalue weighted by atomic mass is 79.9. The van der Waals surface area contributed by atoms with E-state index in [9.17, 15) is 18.0 Å². The molecule has 4 aromatic carbocycles. The first-order chi connectivity index (χ1) is 20.7. The van der Waals surface area contributed by atoms with Gasteiger partial charge in [0.2, 0.25) is 11.8 Å². The number of nitrogens with one attached hydrogen (secondary N) is 1. The molecule has 4 aromatic rings. The van der Waals surface area contributed by atoms with E-state index in [0.717, 1.165) is 26.3 Å². The summed E-state index contributed by atoms with van der Waals surface area (Å²) in [5, 5.41) is 3.05. The number of anilines is 1. The second-order valence-electron chi connectivity index (χ2n) is 10.3. The summed E-state index contributed by atoms with van der Waals surface area (Å²) in [4.78, 5) is 29.8. The van der Waals surface area contributed by atoms with E-state index in [-0.39, 0.29) is 29.8 Å². The van der Waals surface area contributed by atoms with Crippen molar-refractivity contribution in [2.75, 3.05) is 10.8 Å². The molecule has 2 atom stereocenters. The molecule has 43 heavy (non-hydrogen) atoms. The number of benzene rings is 4. The summed E-state index contributed by atoms with van der Waals surface area (Å²) in [5.41, 5.74) is 2.04. The van der Waals surface area contributed by atoms with Gasteiger partial charge in [0, 0.05) is 23.5 Å². The molecule has 0 aliphatic carbocycles. The smallest absolute Gasteiger partial charge is 0.264 e. The lowest BCUT2D eigenvalue weighted by atomic mass is 10.0. The summed E-state index contributed by atoms with van der Waals surface area (Å²) in [7, 11) is -4.11. The summed E-state index contributed by atoms with van der Waals surface area (Å²) in [6.07, 6.45) is 0.986. The lowest BCUT2D eigenvalue weighted by molar-refractivity contribution is -0.140. The summed E-state index contributed by atoms with van der Waals surface area (Å²) in [6, 6.07) is 32.6. The molecule has 0 aliphatic heterocycles. The second kappa shape index (κ2) is 15.0. The number of hydrogen-bond acceptors (Lipinski definition) is 4. The van der Waals surface area contributed by atoms with Crippen LogP contribution in [-0.2, 0) is 32.6 Å². The lowest BCUT2D eigenvalue weighted by Gasteiger charge is -2.34. The Hall–Kier alpha value is -3.95. The fraction of sp³-hybridized carbons (Fsp3) is 0.235. The largest absolute Gasteiger partial charge is 0.352 e. The van der Waals surface area contributed by atoms with E-state index in [1.54, 1.807) is 48.5 Å². The van der Waals surface area contributed by atoms with Crippen molar-refractivity contribution < 1.29 is 18.0 Å². The summed E-state index contributed by atoms with van der Waals surface area (Å²) in [6.45, 7) is 3.52. The zero-order valence-electron chi connectivity index (χ0n) is 24.3. The van der Waals surface area contributed by atoms with Crippen LogP contribution in [0.15, 0.2) is 125 Å². The predicted molar refractivity (Wildman–Crippen MR) is 174 cm³/mol. The fourth-order valence-electron chi connectivity index (χ4n) is 4.67. The standard InChI is InChI=1S/C34H36BrN3O4S/c1-3-26(2)36-34(40)32(23-27-14-7-4-8-15-27)37(24-28-16-13-17-29(35)22-28)33(39)25-38(30-18-9-5-10-19-30)43(41,42)31-20-11-6-12-21-31/h4-22,26,32H,3,23-25H2,1-2H3,(H,36,40)/t26-,32+/m1/s1. The third-order valence-corrected chi connectivity index (χ3v) is 9.45. The molecule has 7 nitrogen and oxygen atoms in total. The van der Waals surface area contributed by atoms with Crippen LogP contribution in [0, 0.1) is 0 Å². The van der Waals surface area contributed by atoms with Crippen LogP contribution in [0.4, 0.5) is 5.69 Å².